The number of unbranched alkanes of at least 4 members (excludes halogenated alkanes) is 2. The Labute approximate surface area is 168 Å². The molecule has 2 aromatic rings. The Morgan fingerprint density at radius 1 is 0.893 bits per heavy atom. The van der Waals surface area contributed by atoms with Gasteiger partial charge in [0.2, 0.25) is 0 Å². The summed E-state index contributed by atoms with van der Waals surface area (Å²) in [6.45, 7) is 4.19. The second kappa shape index (κ2) is 9.63. The molecule has 4 nitrogen and oxygen atoms in total. The molecular formula is C24H32NO3+. The minimum Gasteiger partial charge on any atom is -0.497 e. The van der Waals surface area contributed by atoms with Crippen LogP contribution in [0.3, 0.4) is 0 Å². The summed E-state index contributed by atoms with van der Waals surface area (Å²) >= 11 is 0. The second-order valence-electron chi connectivity index (χ2n) is 7.29. The van der Waals surface area contributed by atoms with Crippen molar-refractivity contribution in [1.82, 2.24) is 0 Å². The molecule has 0 N–H and O–H groups in total. The molecule has 0 spiro atoms. The molecule has 0 amide bonds. The minimum absolute atomic E-state index is 0.806. The van der Waals surface area contributed by atoms with Crippen LogP contribution in [0.4, 0.5) is 0 Å². The summed E-state index contributed by atoms with van der Waals surface area (Å²) in [5.74, 6) is 2.52. The van der Waals surface area contributed by atoms with Crippen LogP contribution in [0.2, 0.25) is 0 Å². The molecule has 1 aliphatic heterocycles. The van der Waals surface area contributed by atoms with Gasteiger partial charge in [0.15, 0.2) is 23.8 Å². The number of methoxy groups -OCH3 is 3. The zero-order valence-corrected chi connectivity index (χ0v) is 17.6. The fourth-order valence-electron chi connectivity index (χ4n) is 3.92. The van der Waals surface area contributed by atoms with Crippen molar-refractivity contribution < 1.29 is 18.8 Å². The normalized spacial score (nSPS) is 13.3. The zero-order valence-electron chi connectivity index (χ0n) is 17.6. The molecule has 0 fully saturated rings. The van der Waals surface area contributed by atoms with Gasteiger partial charge in [0.25, 0.3) is 0 Å². The van der Waals surface area contributed by atoms with E-state index in [1.165, 1.54) is 41.7 Å². The molecule has 0 atom stereocenters. The first-order chi connectivity index (χ1) is 13.7. The quantitative estimate of drug-likeness (QED) is 0.459. The summed E-state index contributed by atoms with van der Waals surface area (Å²) in [7, 11) is 5.12. The van der Waals surface area contributed by atoms with E-state index in [1.807, 2.05) is 12.1 Å². The van der Waals surface area contributed by atoms with E-state index in [9.17, 15) is 0 Å². The first-order valence-electron chi connectivity index (χ1n) is 10.2. The molecule has 150 valence electrons. The third-order valence-corrected chi connectivity index (χ3v) is 5.50. The highest BCUT2D eigenvalue weighted by molar-refractivity contribution is 5.99. The van der Waals surface area contributed by atoms with Gasteiger partial charge >= 0.3 is 0 Å². The number of fused-ring (bicyclic) bond motifs is 1. The van der Waals surface area contributed by atoms with Crippen LogP contribution in [0.25, 0.3) is 0 Å². The van der Waals surface area contributed by atoms with Gasteiger partial charge in [-0.25, -0.2) is 4.58 Å². The highest BCUT2D eigenvalue weighted by Crippen LogP contribution is 2.33. The van der Waals surface area contributed by atoms with E-state index in [0.717, 1.165) is 43.2 Å². The van der Waals surface area contributed by atoms with Gasteiger partial charge < -0.3 is 14.2 Å². The Hall–Kier alpha value is -2.49. The lowest BCUT2D eigenvalue weighted by Gasteiger charge is -2.21. The summed E-state index contributed by atoms with van der Waals surface area (Å²) in [6.07, 6.45) is 5.79. The predicted molar refractivity (Wildman–Crippen MR) is 113 cm³/mol. The average Bonchev–Trinajstić information content (AvgIpc) is 2.74. The Bertz CT molecular complexity index is 824. The number of benzene rings is 2. The van der Waals surface area contributed by atoms with Gasteiger partial charge in [-0.3, -0.25) is 0 Å². The monoisotopic (exact) mass is 382 g/mol. The maximum Gasteiger partial charge on any atom is 0.184 e. The highest BCUT2D eigenvalue weighted by Gasteiger charge is 2.27. The Morgan fingerprint density at radius 3 is 2.25 bits per heavy atom. The Balaban J connectivity index is 1.97. The smallest absolute Gasteiger partial charge is 0.184 e. The molecule has 0 aliphatic carbocycles. The van der Waals surface area contributed by atoms with E-state index >= 15 is 0 Å². The van der Waals surface area contributed by atoms with Crippen LogP contribution in [-0.4, -0.2) is 38.2 Å². The number of hydrogen-bond acceptors (Lipinski definition) is 3. The molecule has 0 aromatic heterocycles. The molecule has 0 radical (unpaired) electrons. The van der Waals surface area contributed by atoms with Crippen LogP contribution in [0, 0.1) is 0 Å². The van der Waals surface area contributed by atoms with Crippen LogP contribution in [0.1, 0.15) is 49.3 Å². The Kier molecular flexibility index (Phi) is 6.96. The topological polar surface area (TPSA) is 30.7 Å². The summed E-state index contributed by atoms with van der Waals surface area (Å²) in [5, 5.41) is 0. The third kappa shape index (κ3) is 4.49. The number of nitrogens with zero attached hydrogens (tertiary/aromatic N) is 1. The van der Waals surface area contributed by atoms with Gasteiger partial charge in [-0.2, -0.15) is 0 Å². The number of hydrogen-bond donors (Lipinski definition) is 0. The molecule has 4 heteroatoms. The van der Waals surface area contributed by atoms with E-state index in [4.69, 9.17) is 14.2 Å². The van der Waals surface area contributed by atoms with Crippen molar-refractivity contribution in [2.75, 3.05) is 27.9 Å². The maximum absolute atomic E-state index is 5.58. The van der Waals surface area contributed by atoms with Gasteiger partial charge in [0.05, 0.1) is 21.3 Å². The molecule has 0 saturated heterocycles. The van der Waals surface area contributed by atoms with Crippen LogP contribution in [0.15, 0.2) is 36.4 Å². The predicted octanol–water partition coefficient (Wildman–Crippen LogP) is 4.85. The number of rotatable bonds is 9. The molecule has 28 heavy (non-hydrogen) atoms. The van der Waals surface area contributed by atoms with Crippen molar-refractivity contribution in [3.8, 4) is 17.2 Å². The zero-order chi connectivity index (χ0) is 19.9. The summed E-state index contributed by atoms with van der Waals surface area (Å²) < 4.78 is 18.9. The summed E-state index contributed by atoms with van der Waals surface area (Å²) in [5.41, 5.74) is 5.40. The molecule has 0 saturated carbocycles. The highest BCUT2D eigenvalue weighted by atomic mass is 16.5. The first-order valence-corrected chi connectivity index (χ1v) is 10.2. The average molecular weight is 383 g/mol. The lowest BCUT2D eigenvalue weighted by atomic mass is 9.92. The second-order valence-corrected chi connectivity index (χ2v) is 7.29. The molecule has 0 bridgehead atoms. The first kappa shape index (κ1) is 20.2. The number of ether oxygens (including phenoxy) is 3. The van der Waals surface area contributed by atoms with Gasteiger partial charge in [-0.15, -0.1) is 0 Å². The minimum atomic E-state index is 0.806. The summed E-state index contributed by atoms with van der Waals surface area (Å²) in [6, 6.07) is 12.7. The van der Waals surface area contributed by atoms with Crippen molar-refractivity contribution in [3.63, 3.8) is 0 Å². The van der Waals surface area contributed by atoms with E-state index in [0.29, 0.717) is 0 Å². The van der Waals surface area contributed by atoms with E-state index < -0.39 is 0 Å². The SMILES string of the molecule is CCCCCC1=[N+](Cc2ccc(OC)cc2)CCc2cc(OC)c(OC)cc21. The standard InChI is InChI=1S/C24H32NO3/c1-5-6-7-8-22-21-16-24(28-4)23(27-3)15-19(21)13-14-25(22)17-18-9-11-20(26-2)12-10-18/h9-12,15-16H,5-8,13-14,17H2,1-4H3/q+1. The van der Waals surface area contributed by atoms with Crippen molar-refractivity contribution in [2.45, 2.75) is 45.6 Å². The molecule has 3 rings (SSSR count). The molecule has 1 heterocycles. The molecule has 1 aliphatic rings. The van der Waals surface area contributed by atoms with Crippen molar-refractivity contribution in [1.29, 1.82) is 0 Å². The van der Waals surface area contributed by atoms with Crippen molar-refractivity contribution in [2.24, 2.45) is 0 Å². The van der Waals surface area contributed by atoms with Gasteiger partial charge in [-0.05, 0) is 48.4 Å². The van der Waals surface area contributed by atoms with Gasteiger partial charge in [-0.1, -0.05) is 19.8 Å². The fraction of sp³-hybridized carbons (Fsp3) is 0.458. The lowest BCUT2D eigenvalue weighted by molar-refractivity contribution is -0.545. The third-order valence-electron chi connectivity index (χ3n) is 5.50. The van der Waals surface area contributed by atoms with Crippen molar-refractivity contribution >= 4 is 5.71 Å². The molecule has 0 unspecified atom stereocenters. The van der Waals surface area contributed by atoms with E-state index in [-0.39, 0.29) is 0 Å². The van der Waals surface area contributed by atoms with Gasteiger partial charge in [0.1, 0.15) is 12.3 Å². The maximum atomic E-state index is 5.58. The van der Waals surface area contributed by atoms with Crippen LogP contribution < -0.4 is 14.2 Å². The fourth-order valence-corrected chi connectivity index (χ4v) is 3.92. The molecule has 2 aromatic carbocycles. The molecular weight excluding hydrogens is 350 g/mol. The largest absolute Gasteiger partial charge is 0.497 e. The van der Waals surface area contributed by atoms with E-state index in [2.05, 4.69) is 35.8 Å². The van der Waals surface area contributed by atoms with Gasteiger partial charge in [0, 0.05) is 24.0 Å². The Morgan fingerprint density at radius 2 is 1.61 bits per heavy atom. The van der Waals surface area contributed by atoms with Crippen LogP contribution in [0.5, 0.6) is 17.2 Å². The lowest BCUT2D eigenvalue weighted by Crippen LogP contribution is -2.30. The van der Waals surface area contributed by atoms with Crippen LogP contribution in [-0.2, 0) is 13.0 Å². The van der Waals surface area contributed by atoms with Crippen molar-refractivity contribution in [3.05, 3.63) is 53.1 Å². The van der Waals surface area contributed by atoms with Crippen LogP contribution >= 0.6 is 0 Å². The van der Waals surface area contributed by atoms with E-state index in [1.54, 1.807) is 21.3 Å². The summed E-state index contributed by atoms with van der Waals surface area (Å²) in [4.78, 5) is 0.